The third-order valence-corrected chi connectivity index (χ3v) is 12.2. The highest BCUT2D eigenvalue weighted by atomic mass is 35.5. The number of benzene rings is 2. The van der Waals surface area contributed by atoms with E-state index in [-0.39, 0.29) is 30.4 Å². The second-order valence-electron chi connectivity index (χ2n) is 16.3. The first kappa shape index (κ1) is 42.3. The minimum Gasteiger partial charge on any atom is -1.00 e. The fourth-order valence-electron chi connectivity index (χ4n) is 9.42. The smallest absolute Gasteiger partial charge is 0.348 e. The number of ether oxygens (including phenoxy) is 3. The Morgan fingerprint density at radius 2 is 1.17 bits per heavy atom. The zero-order valence-corrected chi connectivity index (χ0v) is 33.3. The van der Waals surface area contributed by atoms with Crippen molar-refractivity contribution in [1.29, 1.82) is 0 Å². The van der Waals surface area contributed by atoms with Gasteiger partial charge < -0.3 is 31.1 Å². The van der Waals surface area contributed by atoms with Crippen LogP contribution in [0.25, 0.3) is 0 Å². The van der Waals surface area contributed by atoms with Crippen molar-refractivity contribution in [3.63, 3.8) is 0 Å². The first-order valence-electron chi connectivity index (χ1n) is 20.9. The van der Waals surface area contributed by atoms with E-state index >= 15 is 0 Å². The number of hydrogen-bond donors (Lipinski definition) is 0. The molecule has 5 rings (SSSR count). The van der Waals surface area contributed by atoms with Crippen LogP contribution in [0.1, 0.15) is 160 Å². The number of rotatable bonds is 22. The molecule has 0 aliphatic carbocycles. The number of nitrogens with zero attached hydrogens (tertiary/aromatic N) is 1. The molecule has 2 aromatic carbocycles. The molecular formula is C45H68ClNO5. The Labute approximate surface area is 321 Å². The van der Waals surface area contributed by atoms with Gasteiger partial charge in [-0.2, -0.15) is 0 Å². The highest BCUT2D eigenvalue weighted by molar-refractivity contribution is 5.86. The van der Waals surface area contributed by atoms with Crippen LogP contribution in [0, 0.1) is 5.92 Å². The molecule has 0 saturated carbocycles. The van der Waals surface area contributed by atoms with Crippen molar-refractivity contribution in [2.24, 2.45) is 5.92 Å². The topological polar surface area (TPSA) is 61.8 Å². The van der Waals surface area contributed by atoms with E-state index < -0.39 is 17.9 Å². The largest absolute Gasteiger partial charge is 1.00 e. The first-order chi connectivity index (χ1) is 24.9. The van der Waals surface area contributed by atoms with E-state index in [0.29, 0.717) is 29.6 Å². The van der Waals surface area contributed by atoms with Crippen molar-refractivity contribution in [1.82, 2.24) is 0 Å². The standard InChI is InChI=1S/C45H68NO5.ClH/c1-4-5-6-7-8-9-10-11-12-13-14-15-22-29-42(47)50-43(36(2)3)51-45(37-25-18-16-19-26-37,38-27-20-17-21-28-38)44(48)49-41-34-39-30-31-40(35-41)46(39)32-23-24-33-46;/h16-21,25-28,36,39-41,43H,4-15,22-24,29-35H2,1-3H3;1H/q+1;/p-1. The summed E-state index contributed by atoms with van der Waals surface area (Å²) in [5.41, 5.74) is -0.216. The van der Waals surface area contributed by atoms with E-state index in [0.717, 1.165) is 32.1 Å². The number of piperidine rings is 1. The fourth-order valence-corrected chi connectivity index (χ4v) is 9.42. The molecule has 3 unspecified atom stereocenters. The Bertz CT molecular complexity index is 1260. The molecule has 0 aromatic heterocycles. The number of esters is 2. The van der Waals surface area contributed by atoms with Gasteiger partial charge in [0.1, 0.15) is 6.10 Å². The van der Waals surface area contributed by atoms with Crippen LogP contribution in [0.5, 0.6) is 0 Å². The summed E-state index contributed by atoms with van der Waals surface area (Å²) in [5, 5.41) is 0. The van der Waals surface area contributed by atoms with Gasteiger partial charge in [-0.3, -0.25) is 4.79 Å². The molecule has 1 spiro atoms. The molecule has 3 aliphatic rings. The van der Waals surface area contributed by atoms with Crippen molar-refractivity contribution in [3.8, 4) is 0 Å². The van der Waals surface area contributed by atoms with Gasteiger partial charge >= 0.3 is 11.9 Å². The van der Waals surface area contributed by atoms with Crippen molar-refractivity contribution in [3.05, 3.63) is 71.8 Å². The lowest BCUT2D eigenvalue weighted by molar-refractivity contribution is -0.956. The minimum atomic E-state index is -1.58. The lowest BCUT2D eigenvalue weighted by atomic mass is 9.85. The van der Waals surface area contributed by atoms with Gasteiger partial charge in [0, 0.05) is 50.9 Å². The first-order valence-corrected chi connectivity index (χ1v) is 20.9. The molecule has 3 atom stereocenters. The summed E-state index contributed by atoms with van der Waals surface area (Å²) < 4.78 is 20.8. The van der Waals surface area contributed by atoms with Gasteiger partial charge in [-0.05, 0) is 17.5 Å². The molecule has 0 N–H and O–H groups in total. The molecule has 2 bridgehead atoms. The maximum atomic E-state index is 14.8. The Morgan fingerprint density at radius 3 is 1.63 bits per heavy atom. The molecule has 0 amide bonds. The Kier molecular flexibility index (Phi) is 17.5. The molecule has 7 heteroatoms. The van der Waals surface area contributed by atoms with E-state index in [9.17, 15) is 9.59 Å². The summed E-state index contributed by atoms with van der Waals surface area (Å²) in [6, 6.07) is 20.4. The predicted octanol–water partition coefficient (Wildman–Crippen LogP) is 7.80. The zero-order valence-electron chi connectivity index (χ0n) is 32.6. The van der Waals surface area contributed by atoms with Crippen molar-refractivity contribution in [2.75, 3.05) is 13.1 Å². The normalized spacial score (nSPS) is 21.2. The van der Waals surface area contributed by atoms with Crippen LogP contribution in [0.2, 0.25) is 0 Å². The van der Waals surface area contributed by atoms with E-state index in [4.69, 9.17) is 14.2 Å². The molecular weight excluding hydrogens is 670 g/mol. The van der Waals surface area contributed by atoms with Gasteiger partial charge in [-0.15, -0.1) is 0 Å². The van der Waals surface area contributed by atoms with Gasteiger partial charge in [0.05, 0.1) is 25.2 Å². The summed E-state index contributed by atoms with van der Waals surface area (Å²) in [5.74, 6) is -0.869. The van der Waals surface area contributed by atoms with Crippen LogP contribution >= 0.6 is 0 Å². The van der Waals surface area contributed by atoms with Gasteiger partial charge in [-0.25, -0.2) is 4.79 Å². The molecule has 3 aliphatic heterocycles. The fraction of sp³-hybridized carbons (Fsp3) is 0.689. The molecule has 2 aromatic rings. The average molecular weight is 738 g/mol. The van der Waals surface area contributed by atoms with Crippen LogP contribution in [0.4, 0.5) is 0 Å². The average Bonchev–Trinajstić information content (AvgIpc) is 3.69. The Balaban J connectivity index is 0.00000605. The highest BCUT2D eigenvalue weighted by Crippen LogP contribution is 2.47. The third-order valence-electron chi connectivity index (χ3n) is 12.2. The predicted molar refractivity (Wildman–Crippen MR) is 205 cm³/mol. The monoisotopic (exact) mass is 737 g/mol. The lowest BCUT2D eigenvalue weighted by Gasteiger charge is -2.47. The van der Waals surface area contributed by atoms with Gasteiger partial charge in [-0.1, -0.05) is 158 Å². The number of hydrogen-bond acceptors (Lipinski definition) is 5. The SMILES string of the molecule is CCCCCCCCCCCCCCCC(=O)OC(OC(C(=O)OC1CC2CCC(C1)[N+]21CCCC1)(c1ccccc1)c1ccccc1)C(C)C.[Cl-]. The van der Waals surface area contributed by atoms with E-state index in [1.54, 1.807) is 0 Å². The van der Waals surface area contributed by atoms with E-state index in [1.165, 1.54) is 107 Å². The second-order valence-corrected chi connectivity index (χ2v) is 16.3. The molecule has 0 radical (unpaired) electrons. The van der Waals surface area contributed by atoms with Crippen molar-refractivity contribution >= 4 is 11.9 Å². The summed E-state index contributed by atoms with van der Waals surface area (Å²) in [6.07, 6.45) is 22.5. The quantitative estimate of drug-likeness (QED) is 0.0535. The van der Waals surface area contributed by atoms with Crippen LogP contribution < -0.4 is 12.4 Å². The molecule has 3 heterocycles. The molecule has 290 valence electrons. The number of halogens is 1. The van der Waals surface area contributed by atoms with Gasteiger partial charge in [0.25, 0.3) is 0 Å². The van der Waals surface area contributed by atoms with Crippen LogP contribution in [0.3, 0.4) is 0 Å². The molecule has 52 heavy (non-hydrogen) atoms. The van der Waals surface area contributed by atoms with Crippen LogP contribution in [-0.2, 0) is 29.4 Å². The zero-order chi connectivity index (χ0) is 35.9. The minimum absolute atomic E-state index is 0. The number of unbranched alkanes of at least 4 members (excludes halogenated alkanes) is 12. The third kappa shape index (κ3) is 10.8. The molecule has 3 fully saturated rings. The lowest BCUT2D eigenvalue weighted by Crippen LogP contribution is -3.00. The highest BCUT2D eigenvalue weighted by Gasteiger charge is 2.57. The number of quaternary nitrogens is 1. The maximum absolute atomic E-state index is 14.8. The summed E-state index contributed by atoms with van der Waals surface area (Å²) in [6.45, 7) is 8.78. The van der Waals surface area contributed by atoms with Gasteiger partial charge in [0.15, 0.2) is 0 Å². The summed E-state index contributed by atoms with van der Waals surface area (Å²) in [4.78, 5) is 28.1. The summed E-state index contributed by atoms with van der Waals surface area (Å²) in [7, 11) is 0. The number of carbonyl (C=O) groups is 2. The summed E-state index contributed by atoms with van der Waals surface area (Å²) >= 11 is 0. The molecule has 3 saturated heterocycles. The Hall–Kier alpha value is -2.41. The second kappa shape index (κ2) is 21.5. The number of carbonyl (C=O) groups excluding carboxylic acids is 2. The maximum Gasteiger partial charge on any atom is 0.348 e. The Morgan fingerprint density at radius 1 is 0.712 bits per heavy atom. The van der Waals surface area contributed by atoms with Crippen molar-refractivity contribution in [2.45, 2.75) is 179 Å². The van der Waals surface area contributed by atoms with Crippen LogP contribution in [0.15, 0.2) is 60.7 Å². The molecule has 6 nitrogen and oxygen atoms in total. The van der Waals surface area contributed by atoms with Crippen LogP contribution in [-0.4, -0.2) is 54.0 Å². The van der Waals surface area contributed by atoms with Crippen molar-refractivity contribution < 1.29 is 40.7 Å². The van der Waals surface area contributed by atoms with E-state index in [2.05, 4.69) is 6.92 Å². The van der Waals surface area contributed by atoms with E-state index in [1.807, 2.05) is 74.5 Å². The van der Waals surface area contributed by atoms with Gasteiger partial charge in [0.2, 0.25) is 11.9 Å².